The van der Waals surface area contributed by atoms with Gasteiger partial charge in [0.2, 0.25) is 0 Å². The lowest BCUT2D eigenvalue weighted by molar-refractivity contribution is -0.145. The molecular formula is C10H14N2O2S. The Kier molecular flexibility index (Phi) is 4.11. The fourth-order valence-electron chi connectivity index (χ4n) is 0.960. The van der Waals surface area contributed by atoms with Crippen molar-refractivity contribution in [2.75, 3.05) is 12.9 Å². The number of hydrogen-bond acceptors (Lipinski definition) is 5. The Balaban J connectivity index is 2.53. The molecule has 0 aliphatic carbocycles. The van der Waals surface area contributed by atoms with E-state index < -0.39 is 11.5 Å². The minimum absolute atomic E-state index is 0.399. The van der Waals surface area contributed by atoms with Crippen LogP contribution in [0.15, 0.2) is 29.4 Å². The van der Waals surface area contributed by atoms with Gasteiger partial charge in [-0.05, 0) is 19.1 Å². The average Bonchev–Trinajstić information content (AvgIpc) is 2.27. The van der Waals surface area contributed by atoms with Gasteiger partial charge in [0.05, 0.1) is 7.11 Å². The van der Waals surface area contributed by atoms with E-state index in [0.717, 1.165) is 4.90 Å². The Morgan fingerprint density at radius 3 is 2.73 bits per heavy atom. The van der Waals surface area contributed by atoms with Gasteiger partial charge in [-0.15, -0.1) is 11.8 Å². The van der Waals surface area contributed by atoms with Crippen molar-refractivity contribution in [1.29, 1.82) is 0 Å². The summed E-state index contributed by atoms with van der Waals surface area (Å²) in [4.78, 5) is 16.2. The Morgan fingerprint density at radius 2 is 2.20 bits per heavy atom. The summed E-state index contributed by atoms with van der Waals surface area (Å²) in [6.45, 7) is 1.66. The van der Waals surface area contributed by atoms with Gasteiger partial charge in [-0.25, -0.2) is 0 Å². The van der Waals surface area contributed by atoms with Crippen molar-refractivity contribution in [1.82, 2.24) is 4.98 Å². The molecule has 0 aliphatic rings. The molecule has 4 nitrogen and oxygen atoms in total. The first-order valence-corrected chi connectivity index (χ1v) is 5.45. The third-order valence-corrected chi connectivity index (χ3v) is 3.19. The minimum Gasteiger partial charge on any atom is -0.468 e. The highest BCUT2D eigenvalue weighted by molar-refractivity contribution is 7.99. The Hall–Kier alpha value is -1.07. The zero-order valence-electron chi connectivity index (χ0n) is 8.77. The summed E-state index contributed by atoms with van der Waals surface area (Å²) in [6, 6.07) is 3.75. The highest BCUT2D eigenvalue weighted by Crippen LogP contribution is 2.21. The number of nitrogens with two attached hydrogens (primary N) is 1. The van der Waals surface area contributed by atoms with Crippen LogP contribution in [-0.2, 0) is 9.53 Å². The van der Waals surface area contributed by atoms with Crippen molar-refractivity contribution < 1.29 is 9.53 Å². The van der Waals surface area contributed by atoms with E-state index in [1.807, 2.05) is 12.1 Å². The second-order valence-corrected chi connectivity index (χ2v) is 4.43. The molecule has 1 aromatic rings. The molecule has 0 bridgehead atoms. The van der Waals surface area contributed by atoms with E-state index in [-0.39, 0.29) is 0 Å². The maximum Gasteiger partial charge on any atom is 0.326 e. The molecule has 0 fully saturated rings. The molecular weight excluding hydrogens is 212 g/mol. The van der Waals surface area contributed by atoms with Gasteiger partial charge < -0.3 is 10.5 Å². The summed E-state index contributed by atoms with van der Waals surface area (Å²) in [5.74, 6) is 0.0769. The van der Waals surface area contributed by atoms with Crippen LogP contribution in [0.3, 0.4) is 0 Å². The summed E-state index contributed by atoms with van der Waals surface area (Å²) in [5, 5.41) is 0. The van der Waals surface area contributed by atoms with Crippen LogP contribution < -0.4 is 5.73 Å². The van der Waals surface area contributed by atoms with Crippen LogP contribution in [0.25, 0.3) is 0 Å². The minimum atomic E-state index is -0.956. The Morgan fingerprint density at radius 1 is 1.60 bits per heavy atom. The Bertz CT molecular complexity index is 327. The predicted molar refractivity (Wildman–Crippen MR) is 59.6 cm³/mol. The molecule has 0 saturated heterocycles. The van der Waals surface area contributed by atoms with Gasteiger partial charge in [-0.1, -0.05) is 0 Å². The van der Waals surface area contributed by atoms with Gasteiger partial charge in [0, 0.05) is 23.0 Å². The highest BCUT2D eigenvalue weighted by atomic mass is 32.2. The molecule has 0 radical (unpaired) electrons. The number of ether oxygens (including phenoxy) is 1. The molecule has 15 heavy (non-hydrogen) atoms. The predicted octanol–water partition coefficient (Wildman–Crippen LogP) is 1.06. The lowest BCUT2D eigenvalue weighted by atomic mass is 10.1. The van der Waals surface area contributed by atoms with Crippen molar-refractivity contribution in [3.63, 3.8) is 0 Å². The number of pyridine rings is 1. The number of hydrogen-bond donors (Lipinski definition) is 1. The average molecular weight is 226 g/mol. The SMILES string of the molecule is COC(=O)C(C)(N)CSc1ccncc1. The summed E-state index contributed by atoms with van der Waals surface area (Å²) in [6.07, 6.45) is 3.41. The second kappa shape index (κ2) is 5.14. The lowest BCUT2D eigenvalue weighted by Crippen LogP contribution is -2.48. The largest absolute Gasteiger partial charge is 0.468 e. The van der Waals surface area contributed by atoms with Crippen LogP contribution in [-0.4, -0.2) is 29.4 Å². The molecule has 1 atom stereocenters. The second-order valence-electron chi connectivity index (χ2n) is 3.38. The quantitative estimate of drug-likeness (QED) is 0.614. The van der Waals surface area contributed by atoms with Gasteiger partial charge >= 0.3 is 5.97 Å². The van der Waals surface area contributed by atoms with Crippen LogP contribution in [0, 0.1) is 0 Å². The maximum absolute atomic E-state index is 11.3. The highest BCUT2D eigenvalue weighted by Gasteiger charge is 2.29. The maximum atomic E-state index is 11.3. The van der Waals surface area contributed by atoms with Crippen LogP contribution >= 0.6 is 11.8 Å². The van der Waals surface area contributed by atoms with E-state index in [2.05, 4.69) is 9.72 Å². The topological polar surface area (TPSA) is 65.2 Å². The number of rotatable bonds is 4. The fraction of sp³-hybridized carbons (Fsp3) is 0.400. The molecule has 0 amide bonds. The van der Waals surface area contributed by atoms with E-state index >= 15 is 0 Å². The van der Waals surface area contributed by atoms with Crippen molar-refractivity contribution >= 4 is 17.7 Å². The van der Waals surface area contributed by atoms with Crippen LogP contribution in [0.1, 0.15) is 6.92 Å². The third-order valence-electron chi connectivity index (χ3n) is 1.84. The smallest absolute Gasteiger partial charge is 0.326 e. The van der Waals surface area contributed by atoms with Crippen molar-refractivity contribution in [3.05, 3.63) is 24.5 Å². The van der Waals surface area contributed by atoms with E-state index in [4.69, 9.17) is 5.73 Å². The zero-order valence-corrected chi connectivity index (χ0v) is 9.58. The first kappa shape index (κ1) is 12.0. The van der Waals surface area contributed by atoms with E-state index in [1.54, 1.807) is 19.3 Å². The molecule has 5 heteroatoms. The molecule has 0 spiro atoms. The molecule has 1 rings (SSSR count). The molecule has 0 aliphatic heterocycles. The summed E-state index contributed by atoms with van der Waals surface area (Å²) < 4.78 is 4.61. The number of carbonyl (C=O) groups excluding carboxylic acids is 1. The monoisotopic (exact) mass is 226 g/mol. The fourth-order valence-corrected chi connectivity index (χ4v) is 1.86. The van der Waals surface area contributed by atoms with Gasteiger partial charge in [-0.3, -0.25) is 9.78 Å². The lowest BCUT2D eigenvalue weighted by Gasteiger charge is -2.20. The van der Waals surface area contributed by atoms with Gasteiger partial charge in [0.1, 0.15) is 5.54 Å². The van der Waals surface area contributed by atoms with Crippen molar-refractivity contribution in [2.45, 2.75) is 17.4 Å². The normalized spacial score (nSPS) is 14.3. The summed E-state index contributed by atoms with van der Waals surface area (Å²) in [7, 11) is 1.34. The molecule has 82 valence electrons. The number of nitrogens with zero attached hydrogens (tertiary/aromatic N) is 1. The molecule has 2 N–H and O–H groups in total. The zero-order chi connectivity index (χ0) is 11.3. The molecule has 0 aromatic carbocycles. The van der Waals surface area contributed by atoms with E-state index in [0.29, 0.717) is 5.75 Å². The van der Waals surface area contributed by atoms with Crippen LogP contribution in [0.2, 0.25) is 0 Å². The van der Waals surface area contributed by atoms with Crippen molar-refractivity contribution in [3.8, 4) is 0 Å². The van der Waals surface area contributed by atoms with E-state index in [1.165, 1.54) is 18.9 Å². The number of methoxy groups -OCH3 is 1. The molecule has 1 unspecified atom stereocenters. The van der Waals surface area contributed by atoms with Crippen LogP contribution in [0.5, 0.6) is 0 Å². The third kappa shape index (κ3) is 3.53. The number of carbonyl (C=O) groups is 1. The Labute approximate surface area is 93.2 Å². The first-order chi connectivity index (χ1) is 7.06. The summed E-state index contributed by atoms with van der Waals surface area (Å²) in [5.41, 5.74) is 4.85. The molecule has 1 heterocycles. The van der Waals surface area contributed by atoms with Crippen molar-refractivity contribution in [2.24, 2.45) is 5.73 Å². The molecule has 0 saturated carbocycles. The first-order valence-electron chi connectivity index (χ1n) is 4.46. The van der Waals surface area contributed by atoms with Gasteiger partial charge in [0.15, 0.2) is 0 Å². The molecule has 1 aromatic heterocycles. The van der Waals surface area contributed by atoms with Gasteiger partial charge in [0.25, 0.3) is 0 Å². The number of esters is 1. The standard InChI is InChI=1S/C10H14N2O2S/c1-10(11,9(13)14-2)7-15-8-3-5-12-6-4-8/h3-6H,7,11H2,1-2H3. The number of aromatic nitrogens is 1. The number of thioether (sulfide) groups is 1. The van der Waals surface area contributed by atoms with Crippen LogP contribution in [0.4, 0.5) is 0 Å². The summed E-state index contributed by atoms with van der Waals surface area (Å²) >= 11 is 1.51. The van der Waals surface area contributed by atoms with E-state index in [9.17, 15) is 4.79 Å². The van der Waals surface area contributed by atoms with Gasteiger partial charge in [-0.2, -0.15) is 0 Å².